The van der Waals surface area contributed by atoms with Gasteiger partial charge in [-0.1, -0.05) is 125 Å². The van der Waals surface area contributed by atoms with E-state index < -0.39 is 0 Å². The first kappa shape index (κ1) is 36.0. The predicted molar refractivity (Wildman–Crippen MR) is 232 cm³/mol. The van der Waals surface area contributed by atoms with Crippen LogP contribution < -0.4 is 0 Å². The van der Waals surface area contributed by atoms with Crippen LogP contribution in [0.15, 0.2) is 175 Å². The fourth-order valence-electron chi connectivity index (χ4n) is 8.36. The van der Waals surface area contributed by atoms with Crippen LogP contribution in [0.5, 0.6) is 0 Å². The zero-order valence-electron chi connectivity index (χ0n) is 30.7. The number of fused-ring (bicyclic) bond motifs is 7. The molecule has 56 heavy (non-hydrogen) atoms. The third-order valence-electron chi connectivity index (χ3n) is 11.0. The molecule has 0 amide bonds. The summed E-state index contributed by atoms with van der Waals surface area (Å²) in [6, 6.07) is 62.2. The number of nitrogens with zero attached hydrogens (tertiary/aromatic N) is 3. The van der Waals surface area contributed by atoms with Gasteiger partial charge >= 0.3 is 0 Å². The summed E-state index contributed by atoms with van der Waals surface area (Å²) < 4.78 is 3.51. The molecule has 3 nitrogen and oxygen atoms in total. The van der Waals surface area contributed by atoms with Crippen molar-refractivity contribution < 1.29 is 20.1 Å². The van der Waals surface area contributed by atoms with E-state index in [4.69, 9.17) is 4.98 Å². The number of hydrogen-bond donors (Lipinski definition) is 0. The summed E-state index contributed by atoms with van der Waals surface area (Å²) in [5, 5.41) is 7.33. The van der Waals surface area contributed by atoms with E-state index in [9.17, 15) is 0 Å². The topological polar surface area (TPSA) is 30.7 Å². The maximum absolute atomic E-state index is 4.74. The third-order valence-corrected chi connectivity index (χ3v) is 11.5. The van der Waals surface area contributed by atoms with Crippen molar-refractivity contribution in [2.45, 2.75) is 19.3 Å². The molecule has 0 unspecified atom stereocenters. The normalized spacial score (nSPS) is 12.6. The van der Waals surface area contributed by atoms with E-state index in [1.54, 1.807) is 0 Å². The number of rotatable bonds is 3. The molecular weight excluding hydrogens is 927 g/mol. The Morgan fingerprint density at radius 3 is 1.82 bits per heavy atom. The van der Waals surface area contributed by atoms with Gasteiger partial charge in [0, 0.05) is 48.7 Å². The van der Waals surface area contributed by atoms with Crippen LogP contribution >= 0.6 is 15.9 Å². The molecule has 1 aliphatic heterocycles. The van der Waals surface area contributed by atoms with Crippen molar-refractivity contribution in [3.05, 3.63) is 198 Å². The molecule has 11 rings (SSSR count). The zero-order chi connectivity index (χ0) is 37.1. The average Bonchev–Trinajstić information content (AvgIpc) is 3.57. The van der Waals surface area contributed by atoms with Gasteiger partial charge in [-0.15, -0.1) is 65.2 Å². The van der Waals surface area contributed by atoms with Gasteiger partial charge in [-0.25, -0.2) is 0 Å². The maximum Gasteiger partial charge on any atom is 0.0582 e. The van der Waals surface area contributed by atoms with Gasteiger partial charge in [0.05, 0.1) is 16.7 Å². The number of aromatic nitrogens is 3. The van der Waals surface area contributed by atoms with Crippen LogP contribution in [0, 0.1) is 12.1 Å². The quantitative estimate of drug-likeness (QED) is 0.165. The number of halogens is 1. The molecule has 5 heteroatoms. The zero-order valence-corrected chi connectivity index (χ0v) is 34.7. The summed E-state index contributed by atoms with van der Waals surface area (Å²) in [4.78, 5) is 9.21. The van der Waals surface area contributed by atoms with Gasteiger partial charge in [0.15, 0.2) is 0 Å². The Morgan fingerprint density at radius 1 is 0.536 bits per heavy atom. The molecule has 0 bridgehead atoms. The summed E-state index contributed by atoms with van der Waals surface area (Å²) in [7, 11) is 0. The molecule has 0 aliphatic carbocycles. The summed E-state index contributed by atoms with van der Waals surface area (Å²) in [5.41, 5.74) is 12.8. The molecule has 0 spiro atoms. The van der Waals surface area contributed by atoms with Crippen LogP contribution in [0.1, 0.15) is 25.0 Å². The van der Waals surface area contributed by atoms with E-state index in [-0.39, 0.29) is 25.5 Å². The second kappa shape index (κ2) is 14.4. The fraction of sp³-hybridized carbons (Fsp3) is 0.0588. The van der Waals surface area contributed by atoms with Crippen molar-refractivity contribution in [2.75, 3.05) is 0 Å². The maximum atomic E-state index is 4.74. The summed E-state index contributed by atoms with van der Waals surface area (Å²) in [5.74, 6) is 0. The molecular formula is C51H34BrIrN3-2. The smallest absolute Gasteiger partial charge is 0.0582 e. The Kier molecular flexibility index (Phi) is 9.26. The van der Waals surface area contributed by atoms with Crippen LogP contribution in [-0.2, 0) is 25.5 Å². The molecule has 1 aliphatic rings. The summed E-state index contributed by atoms with van der Waals surface area (Å²) in [6.45, 7) is 4.71. The first-order valence-electron chi connectivity index (χ1n) is 18.5. The Bertz CT molecular complexity index is 3100. The molecule has 0 N–H and O–H groups in total. The van der Waals surface area contributed by atoms with Crippen molar-refractivity contribution in [3.63, 3.8) is 0 Å². The van der Waals surface area contributed by atoms with Gasteiger partial charge in [0.1, 0.15) is 0 Å². The van der Waals surface area contributed by atoms with Gasteiger partial charge in [0.2, 0.25) is 0 Å². The number of hydrogen-bond acceptors (Lipinski definition) is 2. The second-order valence-electron chi connectivity index (χ2n) is 14.6. The Hall–Kier alpha value is -5.71. The van der Waals surface area contributed by atoms with E-state index in [1.807, 2.05) is 54.9 Å². The van der Waals surface area contributed by atoms with Gasteiger partial charge in [-0.2, -0.15) is 0 Å². The van der Waals surface area contributed by atoms with Crippen molar-refractivity contribution in [2.24, 2.45) is 0 Å². The average molecular weight is 961 g/mol. The number of benzene rings is 7. The van der Waals surface area contributed by atoms with Crippen molar-refractivity contribution in [3.8, 4) is 39.3 Å². The standard InChI is InChI=1S/C36H25N2.C15H9BrN.Ir/c1-36(2)30-15-8-14-29-28-13-5-6-16-32(28)38(35(29)30)33-18-17-25(22-31(33)36)24-10-7-11-26(21-24)34-27-12-4-3-9-23(27)19-20-37-34;16-13-6-3-5-12(10-13)15-14-7-2-1-4-11(14)8-9-17-15;/h3-10,12-22H,1-2H3;1-4,6-10H;/q2*-1;. The molecule has 271 valence electrons. The van der Waals surface area contributed by atoms with Gasteiger partial charge < -0.3 is 14.5 Å². The molecule has 0 saturated heterocycles. The minimum Gasteiger partial charge on any atom is -0.309 e. The minimum atomic E-state index is -0.129. The molecule has 10 aromatic rings. The molecule has 0 fully saturated rings. The molecule has 1 radical (unpaired) electrons. The molecule has 4 heterocycles. The van der Waals surface area contributed by atoms with Gasteiger partial charge in [-0.05, 0) is 80.0 Å². The van der Waals surface area contributed by atoms with Crippen LogP contribution in [-0.4, -0.2) is 14.5 Å². The Labute approximate surface area is 348 Å². The largest absolute Gasteiger partial charge is 0.309 e. The first-order valence-corrected chi connectivity index (χ1v) is 19.3. The fourth-order valence-corrected chi connectivity index (χ4v) is 8.72. The number of para-hydroxylation sites is 2. The monoisotopic (exact) mass is 960 g/mol. The van der Waals surface area contributed by atoms with E-state index in [0.717, 1.165) is 37.8 Å². The minimum absolute atomic E-state index is 0. The second-order valence-corrected chi connectivity index (χ2v) is 15.5. The van der Waals surface area contributed by atoms with E-state index >= 15 is 0 Å². The van der Waals surface area contributed by atoms with Crippen LogP contribution in [0.3, 0.4) is 0 Å². The molecule has 0 saturated carbocycles. The molecule has 3 aromatic heterocycles. The first-order chi connectivity index (χ1) is 27.0. The Morgan fingerprint density at radius 2 is 1.12 bits per heavy atom. The Balaban J connectivity index is 0.000000191. The van der Waals surface area contributed by atoms with Gasteiger partial charge in [-0.3, -0.25) is 0 Å². The third kappa shape index (κ3) is 5.99. The summed E-state index contributed by atoms with van der Waals surface area (Å²) in [6.07, 6.45) is 3.73. The SMILES string of the molecule is Brc1cc[c-]c(-c2nccc3ccccc23)c1.CC1(C)c2cc(-c3cc[c-]c(-c4nccc5ccccc45)c3)ccc2-n2c3ccccc3c3cccc1c32.[Ir]. The van der Waals surface area contributed by atoms with E-state index in [0.29, 0.717) is 0 Å². The van der Waals surface area contributed by atoms with E-state index in [1.165, 1.54) is 60.5 Å². The van der Waals surface area contributed by atoms with Crippen molar-refractivity contribution in [1.29, 1.82) is 0 Å². The predicted octanol–water partition coefficient (Wildman–Crippen LogP) is 13.6. The van der Waals surface area contributed by atoms with Crippen molar-refractivity contribution in [1.82, 2.24) is 14.5 Å². The van der Waals surface area contributed by atoms with E-state index in [2.05, 4.69) is 167 Å². The van der Waals surface area contributed by atoms with Crippen LogP contribution in [0.2, 0.25) is 0 Å². The molecule has 0 atom stereocenters. The summed E-state index contributed by atoms with van der Waals surface area (Å²) >= 11 is 3.48. The molecule has 7 aromatic carbocycles. The van der Waals surface area contributed by atoms with Gasteiger partial charge in [0.25, 0.3) is 0 Å². The van der Waals surface area contributed by atoms with Crippen LogP contribution in [0.25, 0.3) is 82.7 Å². The van der Waals surface area contributed by atoms with Crippen molar-refractivity contribution >= 4 is 59.3 Å². The van der Waals surface area contributed by atoms with Crippen LogP contribution in [0.4, 0.5) is 0 Å². The number of pyridine rings is 2.